The summed E-state index contributed by atoms with van der Waals surface area (Å²) < 4.78 is 0. The Balaban J connectivity index is 3.33. The van der Waals surface area contributed by atoms with Crippen LogP contribution in [0.25, 0.3) is 0 Å². The second-order valence-electron chi connectivity index (χ2n) is 9.99. The molecule has 32 heavy (non-hydrogen) atoms. The Hall–Kier alpha value is -0.610. The van der Waals surface area contributed by atoms with Crippen LogP contribution in [0.15, 0.2) is 0 Å². The molecule has 2 unspecified atom stereocenters. The minimum Gasteiger partial charge on any atom is -0.374 e. The van der Waals surface area contributed by atoms with Gasteiger partial charge in [-0.05, 0) is 19.3 Å². The summed E-state index contributed by atoms with van der Waals surface area (Å²) in [4.78, 5) is 12.1. The van der Waals surface area contributed by atoms with E-state index in [4.69, 9.17) is 5.73 Å². The largest absolute Gasteiger partial charge is 0.374 e. The van der Waals surface area contributed by atoms with E-state index >= 15 is 0 Å². The van der Waals surface area contributed by atoms with Gasteiger partial charge in [-0.3, -0.25) is 4.79 Å². The van der Waals surface area contributed by atoms with Gasteiger partial charge in [-0.2, -0.15) is 0 Å². The highest BCUT2D eigenvalue weighted by atomic mass is 16.3. The molecule has 192 valence electrons. The summed E-state index contributed by atoms with van der Waals surface area (Å²) in [5.74, 6) is 0.0150. The second kappa shape index (κ2) is 22.2. The van der Waals surface area contributed by atoms with Crippen LogP contribution in [0.4, 0.5) is 0 Å². The Kier molecular flexibility index (Phi) is 21.8. The topological polar surface area (TPSA) is 75.4 Å². The normalized spacial score (nSPS) is 14.3. The van der Waals surface area contributed by atoms with Crippen molar-refractivity contribution in [2.75, 3.05) is 0 Å². The maximum atomic E-state index is 12.1. The Labute approximate surface area is 200 Å². The molecule has 1 amide bonds. The average Bonchev–Trinajstić information content (AvgIpc) is 2.78. The molecule has 4 nitrogen and oxygen atoms in total. The van der Waals surface area contributed by atoms with Crippen LogP contribution in [0.5, 0.6) is 0 Å². The lowest BCUT2D eigenvalue weighted by Gasteiger charge is -2.31. The van der Waals surface area contributed by atoms with Crippen LogP contribution in [0.2, 0.25) is 0 Å². The summed E-state index contributed by atoms with van der Waals surface area (Å²) in [6.45, 7) is 6.06. The van der Waals surface area contributed by atoms with Gasteiger partial charge in [-0.1, -0.05) is 136 Å². The van der Waals surface area contributed by atoms with Gasteiger partial charge in [-0.15, -0.1) is 0 Å². The highest BCUT2D eigenvalue weighted by Gasteiger charge is 2.30. The summed E-state index contributed by atoms with van der Waals surface area (Å²) in [6, 6.07) is -0.361. The number of carbonyl (C=O) groups is 1. The van der Waals surface area contributed by atoms with Crippen LogP contribution in [-0.4, -0.2) is 22.8 Å². The molecular weight excluding hydrogens is 396 g/mol. The molecule has 0 saturated carbocycles. The highest BCUT2D eigenvalue weighted by molar-refractivity contribution is 5.76. The van der Waals surface area contributed by atoms with Crippen molar-refractivity contribution in [2.24, 2.45) is 5.73 Å². The Morgan fingerprint density at radius 1 is 0.688 bits per heavy atom. The third-order valence-corrected chi connectivity index (χ3v) is 6.92. The zero-order valence-electron chi connectivity index (χ0n) is 22.1. The Morgan fingerprint density at radius 2 is 1.03 bits per heavy atom. The number of hydrogen-bond acceptors (Lipinski definition) is 3. The van der Waals surface area contributed by atoms with E-state index in [1.807, 2.05) is 13.8 Å². The molecule has 0 aliphatic rings. The molecule has 0 aromatic carbocycles. The predicted molar refractivity (Wildman–Crippen MR) is 140 cm³/mol. The van der Waals surface area contributed by atoms with Gasteiger partial charge in [0.2, 0.25) is 5.91 Å². The lowest BCUT2D eigenvalue weighted by Crippen LogP contribution is -2.57. The number of nitrogens with two attached hydrogens (primary N) is 1. The van der Waals surface area contributed by atoms with Crippen LogP contribution < -0.4 is 11.1 Å². The highest BCUT2D eigenvalue weighted by Crippen LogP contribution is 2.15. The van der Waals surface area contributed by atoms with Crippen molar-refractivity contribution < 1.29 is 9.90 Å². The van der Waals surface area contributed by atoms with Crippen molar-refractivity contribution in [3.8, 4) is 0 Å². The van der Waals surface area contributed by atoms with Gasteiger partial charge in [0, 0.05) is 6.42 Å². The molecule has 0 spiro atoms. The van der Waals surface area contributed by atoms with Crippen LogP contribution in [-0.2, 0) is 4.79 Å². The third-order valence-electron chi connectivity index (χ3n) is 6.92. The fourth-order valence-corrected chi connectivity index (χ4v) is 4.46. The lowest BCUT2D eigenvalue weighted by atomic mass is 9.99. The van der Waals surface area contributed by atoms with E-state index in [1.54, 1.807) is 0 Å². The minimum absolute atomic E-state index is 0.0150. The van der Waals surface area contributed by atoms with Crippen LogP contribution in [0.3, 0.4) is 0 Å². The molecule has 0 heterocycles. The van der Waals surface area contributed by atoms with Gasteiger partial charge in [0.15, 0.2) is 0 Å². The lowest BCUT2D eigenvalue weighted by molar-refractivity contribution is -0.124. The summed E-state index contributed by atoms with van der Waals surface area (Å²) in [7, 11) is 0. The molecule has 0 aromatic heterocycles. The number of unbranched alkanes of at least 4 members (excludes halogenated alkanes) is 18. The van der Waals surface area contributed by atoms with E-state index < -0.39 is 5.72 Å². The first kappa shape index (κ1) is 31.4. The summed E-state index contributed by atoms with van der Waals surface area (Å²) in [5, 5.41) is 13.0. The van der Waals surface area contributed by atoms with Crippen LogP contribution >= 0.6 is 0 Å². The van der Waals surface area contributed by atoms with E-state index in [9.17, 15) is 9.90 Å². The zero-order chi connectivity index (χ0) is 23.9. The van der Waals surface area contributed by atoms with Crippen LogP contribution in [0, 0.1) is 0 Å². The maximum absolute atomic E-state index is 12.1. The standard InChI is InChI=1S/C28H58N2O2/c1-4-7-8-9-10-11-12-13-14-15-16-17-18-19-20-21-22-23-24-25-27(31)30-26(5-2)28(29,32)6-3/h26,32H,4-25,29H2,1-3H3,(H,30,31). The molecule has 0 aromatic rings. The van der Waals surface area contributed by atoms with Gasteiger partial charge in [0.05, 0.1) is 6.04 Å². The number of hydrogen-bond donors (Lipinski definition) is 3. The molecule has 0 radical (unpaired) electrons. The van der Waals surface area contributed by atoms with E-state index in [-0.39, 0.29) is 11.9 Å². The Morgan fingerprint density at radius 3 is 1.34 bits per heavy atom. The fourth-order valence-electron chi connectivity index (χ4n) is 4.46. The first-order chi connectivity index (χ1) is 15.5. The molecule has 0 saturated heterocycles. The number of aliphatic hydroxyl groups is 1. The molecule has 2 atom stereocenters. The van der Waals surface area contributed by atoms with Gasteiger partial charge in [0.1, 0.15) is 5.72 Å². The van der Waals surface area contributed by atoms with Crippen molar-refractivity contribution >= 4 is 5.91 Å². The van der Waals surface area contributed by atoms with Crippen molar-refractivity contribution in [1.82, 2.24) is 5.32 Å². The summed E-state index contributed by atoms with van der Waals surface area (Å²) in [6.07, 6.45) is 27.4. The number of amides is 1. The third kappa shape index (κ3) is 18.9. The van der Waals surface area contributed by atoms with E-state index in [0.29, 0.717) is 19.3 Å². The number of rotatable bonds is 24. The van der Waals surface area contributed by atoms with Crippen molar-refractivity contribution in [1.29, 1.82) is 0 Å². The fraction of sp³-hybridized carbons (Fsp3) is 0.964. The number of nitrogens with one attached hydrogen (secondary N) is 1. The molecular formula is C28H58N2O2. The van der Waals surface area contributed by atoms with Gasteiger partial charge in [-0.25, -0.2) is 0 Å². The smallest absolute Gasteiger partial charge is 0.220 e. The van der Waals surface area contributed by atoms with Gasteiger partial charge >= 0.3 is 0 Å². The van der Waals surface area contributed by atoms with Crippen molar-refractivity contribution in [3.05, 3.63) is 0 Å². The molecule has 0 aliphatic carbocycles. The molecule has 0 aliphatic heterocycles. The molecule has 0 fully saturated rings. The SMILES string of the molecule is CCCCCCCCCCCCCCCCCCCCCC(=O)NC(CC)C(N)(O)CC. The quantitative estimate of drug-likeness (QED) is 0.103. The average molecular weight is 455 g/mol. The van der Waals surface area contributed by atoms with E-state index in [0.717, 1.165) is 12.8 Å². The first-order valence-corrected chi connectivity index (χ1v) is 14.3. The van der Waals surface area contributed by atoms with E-state index in [1.165, 1.54) is 109 Å². The molecule has 4 heteroatoms. The van der Waals surface area contributed by atoms with Gasteiger partial charge in [0.25, 0.3) is 0 Å². The molecule has 4 N–H and O–H groups in total. The predicted octanol–water partition coefficient (Wildman–Crippen LogP) is 7.76. The maximum Gasteiger partial charge on any atom is 0.220 e. The summed E-state index contributed by atoms with van der Waals surface area (Å²) in [5.41, 5.74) is 4.56. The number of carbonyl (C=O) groups excluding carboxylic acids is 1. The van der Waals surface area contributed by atoms with E-state index in [2.05, 4.69) is 12.2 Å². The Bertz CT molecular complexity index is 412. The molecule has 0 rings (SSSR count). The van der Waals surface area contributed by atoms with Crippen LogP contribution in [0.1, 0.15) is 162 Å². The minimum atomic E-state index is -1.31. The second-order valence-corrected chi connectivity index (χ2v) is 9.99. The van der Waals surface area contributed by atoms with Crippen molar-refractivity contribution in [2.45, 2.75) is 174 Å². The zero-order valence-corrected chi connectivity index (χ0v) is 22.1. The van der Waals surface area contributed by atoms with Crippen molar-refractivity contribution in [3.63, 3.8) is 0 Å². The summed E-state index contributed by atoms with van der Waals surface area (Å²) >= 11 is 0. The van der Waals surface area contributed by atoms with Gasteiger partial charge < -0.3 is 16.2 Å². The monoisotopic (exact) mass is 454 g/mol. The molecule has 0 bridgehead atoms. The first-order valence-electron chi connectivity index (χ1n) is 14.3.